The van der Waals surface area contributed by atoms with Crippen molar-refractivity contribution < 1.29 is 0 Å². The van der Waals surface area contributed by atoms with Gasteiger partial charge in [0.1, 0.15) is 6.07 Å². The number of hydrogen-bond donors (Lipinski definition) is 1. The highest BCUT2D eigenvalue weighted by Gasteiger charge is 2.34. The number of aromatic nitrogens is 3. The summed E-state index contributed by atoms with van der Waals surface area (Å²) in [5, 5.41) is 9.44. The molecule has 6 nitrogen and oxygen atoms in total. The molecule has 0 aliphatic heterocycles. The molecule has 3 rings (SSSR count). The molecule has 0 amide bonds. The average Bonchev–Trinajstić information content (AvgIpc) is 3.06. The molecule has 0 aromatic carbocycles. The fourth-order valence-corrected chi connectivity index (χ4v) is 3.09. The van der Waals surface area contributed by atoms with Crippen LogP contribution in [0, 0.1) is 29.1 Å². The number of nitrogens with zero attached hydrogens (tertiary/aromatic N) is 5. The first-order chi connectivity index (χ1) is 10.1. The maximum Gasteiger partial charge on any atom is 0.230 e. The molecule has 1 aromatic heterocycles. The Morgan fingerprint density at radius 2 is 2.14 bits per heavy atom. The molecule has 2 aliphatic carbocycles. The first kappa shape index (κ1) is 13.6. The highest BCUT2D eigenvalue weighted by atomic mass is 15.3. The summed E-state index contributed by atoms with van der Waals surface area (Å²) in [7, 11) is 3.66. The van der Waals surface area contributed by atoms with Crippen molar-refractivity contribution in [3.05, 3.63) is 24.1 Å². The normalized spacial score (nSPS) is 26.9. The van der Waals surface area contributed by atoms with Crippen molar-refractivity contribution in [2.75, 3.05) is 24.7 Å². The summed E-state index contributed by atoms with van der Waals surface area (Å²) < 4.78 is 0. The van der Waals surface area contributed by atoms with Gasteiger partial charge in [-0.2, -0.15) is 20.2 Å². The van der Waals surface area contributed by atoms with Gasteiger partial charge in [-0.05, 0) is 30.6 Å². The Morgan fingerprint density at radius 1 is 1.33 bits per heavy atom. The summed E-state index contributed by atoms with van der Waals surface area (Å²) in [6.07, 6.45) is 8.85. The lowest BCUT2D eigenvalue weighted by Gasteiger charge is -2.15. The van der Waals surface area contributed by atoms with Gasteiger partial charge in [-0.25, -0.2) is 0 Å². The minimum Gasteiger partial charge on any atom is -0.368 e. The first-order valence-electron chi connectivity index (χ1n) is 7.06. The lowest BCUT2D eigenvalue weighted by atomic mass is 9.91. The topological polar surface area (TPSA) is 91.7 Å². The fourth-order valence-electron chi connectivity index (χ4n) is 3.09. The van der Waals surface area contributed by atoms with Crippen molar-refractivity contribution >= 4 is 17.5 Å². The summed E-state index contributed by atoms with van der Waals surface area (Å²) in [4.78, 5) is 14.2. The third-order valence-electron chi connectivity index (χ3n) is 4.11. The number of nitrogen functional groups attached to an aromatic ring is 1. The van der Waals surface area contributed by atoms with Crippen molar-refractivity contribution in [2.24, 2.45) is 17.8 Å². The van der Waals surface area contributed by atoms with Gasteiger partial charge in [0.15, 0.2) is 5.82 Å². The van der Waals surface area contributed by atoms with Crippen molar-refractivity contribution in [2.45, 2.75) is 12.8 Å². The van der Waals surface area contributed by atoms with Gasteiger partial charge in [0.2, 0.25) is 11.9 Å². The van der Waals surface area contributed by atoms with E-state index in [4.69, 9.17) is 5.73 Å². The molecule has 1 aromatic rings. The van der Waals surface area contributed by atoms with Crippen LogP contribution in [0.25, 0.3) is 5.57 Å². The number of nitriles is 1. The molecule has 2 aliphatic rings. The Labute approximate surface area is 124 Å². The first-order valence-corrected chi connectivity index (χ1v) is 7.06. The van der Waals surface area contributed by atoms with E-state index >= 15 is 0 Å². The zero-order valence-corrected chi connectivity index (χ0v) is 12.2. The van der Waals surface area contributed by atoms with Gasteiger partial charge in [0.25, 0.3) is 0 Å². The minimum absolute atomic E-state index is 0.137. The van der Waals surface area contributed by atoms with E-state index in [1.54, 1.807) is 4.90 Å². The van der Waals surface area contributed by atoms with Gasteiger partial charge < -0.3 is 10.6 Å². The van der Waals surface area contributed by atoms with Crippen LogP contribution in [0.3, 0.4) is 0 Å². The lowest BCUT2D eigenvalue weighted by Crippen LogP contribution is -2.16. The molecule has 1 saturated carbocycles. The molecule has 1 fully saturated rings. The Morgan fingerprint density at radius 3 is 2.71 bits per heavy atom. The van der Waals surface area contributed by atoms with Crippen molar-refractivity contribution in [3.63, 3.8) is 0 Å². The number of hydrogen-bond acceptors (Lipinski definition) is 6. The monoisotopic (exact) mass is 282 g/mol. The van der Waals surface area contributed by atoms with E-state index in [-0.39, 0.29) is 5.95 Å². The standard InChI is InChI=1S/C15H18N6/c1-21(2)15-19-13(18-14(17)20-15)12(8-16)7-11-6-9-3-4-10(11)5-9/h3-4,7,9-11H,5-6H2,1-2H3,(H2,17,18,19,20)/b12-7+/t9-,10-,11+/m0/s1. The van der Waals surface area contributed by atoms with Gasteiger partial charge in [0, 0.05) is 14.1 Å². The van der Waals surface area contributed by atoms with Crippen LogP contribution in [0.15, 0.2) is 18.2 Å². The molecule has 1 heterocycles. The molecule has 3 atom stereocenters. The summed E-state index contributed by atoms with van der Waals surface area (Å²) in [6, 6.07) is 2.21. The van der Waals surface area contributed by atoms with Gasteiger partial charge in [-0.3, -0.25) is 0 Å². The molecule has 0 saturated heterocycles. The van der Waals surface area contributed by atoms with E-state index in [2.05, 4.69) is 33.2 Å². The second-order valence-corrected chi connectivity index (χ2v) is 5.85. The Bertz CT molecular complexity index is 655. The average molecular weight is 282 g/mol. The van der Waals surface area contributed by atoms with Crippen LogP contribution >= 0.6 is 0 Å². The van der Waals surface area contributed by atoms with Crippen LogP contribution in [-0.4, -0.2) is 29.0 Å². The smallest absolute Gasteiger partial charge is 0.230 e. The van der Waals surface area contributed by atoms with E-state index in [0.29, 0.717) is 35.1 Å². The van der Waals surface area contributed by atoms with E-state index in [0.717, 1.165) is 6.42 Å². The molecule has 0 radical (unpaired) electrons. The molecular formula is C15H18N6. The molecule has 21 heavy (non-hydrogen) atoms. The highest BCUT2D eigenvalue weighted by molar-refractivity contribution is 5.73. The van der Waals surface area contributed by atoms with Crippen LogP contribution in [0.2, 0.25) is 0 Å². The Hall–Kier alpha value is -2.42. The molecule has 0 spiro atoms. The van der Waals surface area contributed by atoms with Gasteiger partial charge >= 0.3 is 0 Å². The fraction of sp³-hybridized carbons (Fsp3) is 0.467. The van der Waals surface area contributed by atoms with Crippen LogP contribution in [0.4, 0.5) is 11.9 Å². The third kappa shape index (κ3) is 2.59. The van der Waals surface area contributed by atoms with Crippen LogP contribution in [0.1, 0.15) is 18.7 Å². The van der Waals surface area contributed by atoms with E-state index in [1.165, 1.54) is 6.42 Å². The lowest BCUT2D eigenvalue weighted by molar-refractivity contribution is 0.551. The Kier molecular flexibility index (Phi) is 3.34. The number of nitrogens with two attached hydrogens (primary N) is 1. The number of rotatable bonds is 3. The summed E-state index contributed by atoms with van der Waals surface area (Å²) >= 11 is 0. The second kappa shape index (κ2) is 5.17. The predicted molar refractivity (Wildman–Crippen MR) is 81.0 cm³/mol. The summed E-state index contributed by atoms with van der Waals surface area (Å²) in [5.74, 6) is 2.57. The van der Waals surface area contributed by atoms with Crippen LogP contribution < -0.4 is 10.6 Å². The zero-order valence-electron chi connectivity index (χ0n) is 12.2. The largest absolute Gasteiger partial charge is 0.368 e. The molecule has 0 unspecified atom stereocenters. The van der Waals surface area contributed by atoms with Crippen molar-refractivity contribution in [3.8, 4) is 6.07 Å². The van der Waals surface area contributed by atoms with E-state index in [1.807, 2.05) is 20.2 Å². The maximum absolute atomic E-state index is 9.44. The highest BCUT2D eigenvalue weighted by Crippen LogP contribution is 2.44. The van der Waals surface area contributed by atoms with Gasteiger partial charge in [-0.15, -0.1) is 0 Å². The van der Waals surface area contributed by atoms with Crippen LogP contribution in [0.5, 0.6) is 0 Å². The molecule has 2 N–H and O–H groups in total. The summed E-state index contributed by atoms with van der Waals surface area (Å²) in [6.45, 7) is 0. The molecular weight excluding hydrogens is 264 g/mol. The van der Waals surface area contributed by atoms with Crippen molar-refractivity contribution in [1.82, 2.24) is 15.0 Å². The maximum atomic E-state index is 9.44. The Balaban J connectivity index is 1.93. The zero-order chi connectivity index (χ0) is 15.0. The third-order valence-corrected chi connectivity index (χ3v) is 4.11. The van der Waals surface area contributed by atoms with E-state index in [9.17, 15) is 5.26 Å². The number of anilines is 2. The van der Waals surface area contributed by atoms with Crippen LogP contribution in [-0.2, 0) is 0 Å². The van der Waals surface area contributed by atoms with Gasteiger partial charge in [-0.1, -0.05) is 18.2 Å². The van der Waals surface area contributed by atoms with Crippen molar-refractivity contribution in [1.29, 1.82) is 5.26 Å². The number of allylic oxidation sites excluding steroid dienone is 4. The SMILES string of the molecule is CN(C)c1nc(N)nc(/C(C#N)=C/[C@H]2C[C@H]3C=C[C@H]2C3)n1. The number of fused-ring (bicyclic) bond motifs is 2. The quantitative estimate of drug-likeness (QED) is 0.669. The summed E-state index contributed by atoms with van der Waals surface area (Å²) in [5.41, 5.74) is 6.21. The minimum atomic E-state index is 0.137. The predicted octanol–water partition coefficient (Wildman–Crippen LogP) is 1.64. The molecule has 6 heteroatoms. The molecule has 108 valence electrons. The molecule has 2 bridgehead atoms. The van der Waals surface area contributed by atoms with E-state index < -0.39 is 0 Å². The second-order valence-electron chi connectivity index (χ2n) is 5.85. The van der Waals surface area contributed by atoms with Gasteiger partial charge in [0.05, 0.1) is 5.57 Å².